The standard InChI is InChI=1S/C38H36N4O4/c1-5-45-36(43)31-32(27-13-9-7-10-14-27)39-37-40-34(29-15-11-8-12-16-29)42(38(44)46-6-2)35(30-23-19-26(4)20-24-30)41(37)33(31)28-21-17-25(3)18-22-28/h7-24,33,35H,5-6H2,1-4H3. The van der Waals surface area contributed by atoms with E-state index in [4.69, 9.17) is 19.5 Å². The number of rotatable bonds is 7. The fraction of sp³-hybridized carbons (Fsp3) is 0.211. The Balaban J connectivity index is 1.72. The lowest BCUT2D eigenvalue weighted by Gasteiger charge is -2.48. The van der Waals surface area contributed by atoms with Crippen molar-refractivity contribution < 1.29 is 19.1 Å². The van der Waals surface area contributed by atoms with E-state index in [1.54, 1.807) is 18.7 Å². The molecule has 0 N–H and O–H groups in total. The Labute approximate surface area is 269 Å². The highest BCUT2D eigenvalue weighted by Gasteiger charge is 2.49. The first-order chi connectivity index (χ1) is 22.4. The first kappa shape index (κ1) is 30.5. The highest BCUT2D eigenvalue weighted by molar-refractivity contribution is 6.15. The topological polar surface area (TPSA) is 83.8 Å². The van der Waals surface area contributed by atoms with Gasteiger partial charge in [-0.05, 0) is 38.8 Å². The van der Waals surface area contributed by atoms with Crippen LogP contribution in [0.25, 0.3) is 5.70 Å². The predicted molar refractivity (Wildman–Crippen MR) is 179 cm³/mol. The van der Waals surface area contributed by atoms with Crippen LogP contribution in [0, 0.1) is 13.8 Å². The molecule has 4 aromatic carbocycles. The van der Waals surface area contributed by atoms with Crippen molar-refractivity contribution in [3.8, 4) is 0 Å². The van der Waals surface area contributed by atoms with Gasteiger partial charge in [0.25, 0.3) is 0 Å². The van der Waals surface area contributed by atoms with E-state index in [9.17, 15) is 9.59 Å². The van der Waals surface area contributed by atoms with Gasteiger partial charge in [0.2, 0.25) is 5.96 Å². The Morgan fingerprint density at radius 2 is 1.22 bits per heavy atom. The minimum absolute atomic E-state index is 0.173. The average Bonchev–Trinajstić information content (AvgIpc) is 3.08. The van der Waals surface area contributed by atoms with Crippen LogP contribution in [0.2, 0.25) is 0 Å². The molecule has 0 saturated heterocycles. The van der Waals surface area contributed by atoms with E-state index in [-0.39, 0.29) is 13.2 Å². The molecule has 2 unspecified atom stereocenters. The largest absolute Gasteiger partial charge is 0.463 e. The van der Waals surface area contributed by atoms with Crippen molar-refractivity contribution in [2.24, 2.45) is 9.98 Å². The number of guanidine groups is 1. The smallest absolute Gasteiger partial charge is 0.417 e. The second kappa shape index (κ2) is 13.2. The molecule has 0 fully saturated rings. The second-order valence-corrected chi connectivity index (χ2v) is 11.1. The Hall–Kier alpha value is -5.50. The number of benzene rings is 4. The van der Waals surface area contributed by atoms with Gasteiger partial charge in [0.05, 0.1) is 30.5 Å². The van der Waals surface area contributed by atoms with E-state index in [1.165, 1.54) is 0 Å². The predicted octanol–water partition coefficient (Wildman–Crippen LogP) is 7.61. The van der Waals surface area contributed by atoms with E-state index in [0.29, 0.717) is 23.1 Å². The molecule has 2 aliphatic rings. The molecule has 0 aliphatic carbocycles. The van der Waals surface area contributed by atoms with Crippen molar-refractivity contribution in [2.75, 3.05) is 13.2 Å². The Morgan fingerprint density at radius 1 is 0.674 bits per heavy atom. The number of amidine groups is 1. The SMILES string of the molecule is CCOC(=O)C1=C(c2ccccc2)N=C2N=C(c3ccccc3)N(C(=O)OCC)C(c3ccc(C)cc3)N2C1c1ccc(C)cc1. The minimum atomic E-state index is -0.779. The van der Waals surface area contributed by atoms with Crippen LogP contribution in [-0.2, 0) is 14.3 Å². The molecular formula is C38H36N4O4. The number of esters is 1. The third-order valence-corrected chi connectivity index (χ3v) is 8.00. The first-order valence-electron chi connectivity index (χ1n) is 15.5. The summed E-state index contributed by atoms with van der Waals surface area (Å²) >= 11 is 0. The summed E-state index contributed by atoms with van der Waals surface area (Å²) < 4.78 is 11.4. The van der Waals surface area contributed by atoms with Crippen molar-refractivity contribution in [3.05, 3.63) is 148 Å². The molecule has 46 heavy (non-hydrogen) atoms. The van der Waals surface area contributed by atoms with Crippen LogP contribution in [-0.4, -0.2) is 46.9 Å². The summed E-state index contributed by atoms with van der Waals surface area (Å²) in [7, 11) is 0. The van der Waals surface area contributed by atoms with Crippen molar-refractivity contribution in [1.29, 1.82) is 0 Å². The number of hydrogen-bond acceptors (Lipinski definition) is 7. The van der Waals surface area contributed by atoms with Crippen LogP contribution in [0.3, 0.4) is 0 Å². The van der Waals surface area contributed by atoms with Crippen molar-refractivity contribution >= 4 is 29.6 Å². The van der Waals surface area contributed by atoms with Crippen molar-refractivity contribution in [3.63, 3.8) is 0 Å². The fourth-order valence-corrected chi connectivity index (χ4v) is 5.85. The quantitative estimate of drug-likeness (QED) is 0.201. The summed E-state index contributed by atoms with van der Waals surface area (Å²) in [6, 6.07) is 34.4. The van der Waals surface area contributed by atoms with Crippen molar-refractivity contribution in [2.45, 2.75) is 39.9 Å². The maximum absolute atomic E-state index is 14.1. The molecule has 0 aromatic heterocycles. The molecule has 4 aromatic rings. The number of ether oxygens (including phenoxy) is 2. The van der Waals surface area contributed by atoms with Gasteiger partial charge in [0, 0.05) is 11.1 Å². The van der Waals surface area contributed by atoms with Gasteiger partial charge in [-0.3, -0.25) is 0 Å². The van der Waals surface area contributed by atoms with Gasteiger partial charge in [-0.1, -0.05) is 120 Å². The van der Waals surface area contributed by atoms with E-state index in [2.05, 4.69) is 0 Å². The number of aryl methyl sites for hydroxylation is 2. The lowest BCUT2D eigenvalue weighted by atomic mass is 9.89. The molecule has 6 rings (SSSR count). The molecule has 2 aliphatic heterocycles. The number of nitrogens with zero attached hydrogens (tertiary/aromatic N) is 4. The molecule has 0 bridgehead atoms. The number of hydrogen-bond donors (Lipinski definition) is 0. The third kappa shape index (κ3) is 5.81. The van der Waals surface area contributed by atoms with Gasteiger partial charge in [-0.25, -0.2) is 19.5 Å². The van der Waals surface area contributed by atoms with E-state index < -0.39 is 24.3 Å². The molecule has 8 nitrogen and oxygen atoms in total. The molecule has 0 spiro atoms. The Morgan fingerprint density at radius 3 is 1.78 bits per heavy atom. The van der Waals surface area contributed by atoms with Crippen molar-refractivity contribution in [1.82, 2.24) is 9.80 Å². The highest BCUT2D eigenvalue weighted by atomic mass is 16.6. The lowest BCUT2D eigenvalue weighted by molar-refractivity contribution is -0.139. The molecule has 1 amide bonds. The summed E-state index contributed by atoms with van der Waals surface area (Å²) in [4.78, 5) is 41.9. The van der Waals surface area contributed by atoms with Crippen LogP contribution in [0.1, 0.15) is 59.4 Å². The van der Waals surface area contributed by atoms with Gasteiger partial charge in [-0.15, -0.1) is 0 Å². The maximum atomic E-state index is 14.1. The maximum Gasteiger partial charge on any atom is 0.417 e. The van der Waals surface area contributed by atoms with E-state index in [1.807, 2.05) is 128 Å². The summed E-state index contributed by atoms with van der Waals surface area (Å²) in [6.45, 7) is 7.96. The van der Waals surface area contributed by atoms with Crippen LogP contribution in [0.15, 0.2) is 125 Å². The molecule has 0 saturated carbocycles. The molecule has 2 heterocycles. The molecule has 0 radical (unpaired) electrons. The average molecular weight is 613 g/mol. The summed E-state index contributed by atoms with van der Waals surface area (Å²) in [6.07, 6.45) is -1.34. The van der Waals surface area contributed by atoms with Gasteiger partial charge in [0.1, 0.15) is 6.17 Å². The normalized spacial score (nSPS) is 17.6. The van der Waals surface area contributed by atoms with Gasteiger partial charge in [-0.2, -0.15) is 4.99 Å². The monoisotopic (exact) mass is 612 g/mol. The summed E-state index contributed by atoms with van der Waals surface area (Å²) in [5.74, 6) is 0.273. The summed E-state index contributed by atoms with van der Waals surface area (Å²) in [5.41, 5.74) is 6.09. The molecule has 232 valence electrons. The number of carbonyl (C=O) groups is 2. The van der Waals surface area contributed by atoms with Crippen LogP contribution in [0.5, 0.6) is 0 Å². The van der Waals surface area contributed by atoms with Crippen LogP contribution >= 0.6 is 0 Å². The second-order valence-electron chi connectivity index (χ2n) is 11.1. The fourth-order valence-electron chi connectivity index (χ4n) is 5.85. The van der Waals surface area contributed by atoms with Gasteiger partial charge in [0.15, 0.2) is 5.84 Å². The zero-order chi connectivity index (χ0) is 32.2. The molecule has 8 heteroatoms. The number of carbonyl (C=O) groups excluding carboxylic acids is 2. The molecular weight excluding hydrogens is 576 g/mol. The number of fused-ring (bicyclic) bond motifs is 1. The van der Waals surface area contributed by atoms with Gasteiger partial charge < -0.3 is 14.4 Å². The summed E-state index contributed by atoms with van der Waals surface area (Å²) in [5, 5.41) is 0. The number of amides is 1. The molecule has 2 atom stereocenters. The third-order valence-electron chi connectivity index (χ3n) is 8.00. The Kier molecular flexibility index (Phi) is 8.79. The van der Waals surface area contributed by atoms with E-state index in [0.717, 1.165) is 33.4 Å². The highest BCUT2D eigenvalue weighted by Crippen LogP contribution is 2.47. The zero-order valence-electron chi connectivity index (χ0n) is 26.4. The number of aliphatic imine (C=N–C) groups is 2. The lowest BCUT2D eigenvalue weighted by Crippen LogP contribution is -2.56. The first-order valence-corrected chi connectivity index (χ1v) is 15.5. The van der Waals surface area contributed by atoms with Crippen LogP contribution < -0.4 is 0 Å². The Bertz CT molecular complexity index is 1810. The van der Waals surface area contributed by atoms with Crippen LogP contribution in [0.4, 0.5) is 4.79 Å². The minimum Gasteiger partial charge on any atom is -0.463 e. The van der Waals surface area contributed by atoms with E-state index >= 15 is 0 Å². The zero-order valence-corrected chi connectivity index (χ0v) is 26.4. The van der Waals surface area contributed by atoms with Gasteiger partial charge >= 0.3 is 12.1 Å².